The molecule has 0 aromatic heterocycles. The van der Waals surface area contributed by atoms with Crippen LogP contribution in [0.2, 0.25) is 0 Å². The normalized spacial score (nSPS) is 29.7. The molecule has 3 rings (SSSR count). The van der Waals surface area contributed by atoms with E-state index in [1.807, 2.05) is 0 Å². The lowest BCUT2D eigenvalue weighted by Crippen LogP contribution is -2.46. The Morgan fingerprint density at radius 3 is 2.62 bits per heavy atom. The van der Waals surface area contributed by atoms with Crippen molar-refractivity contribution in [1.82, 2.24) is 5.32 Å². The van der Waals surface area contributed by atoms with Gasteiger partial charge in [-0.25, -0.2) is 0 Å². The first-order valence-corrected chi connectivity index (χ1v) is 8.64. The molecule has 1 saturated heterocycles. The van der Waals surface area contributed by atoms with Gasteiger partial charge in [-0.05, 0) is 62.1 Å². The molecule has 1 N–H and O–H groups in total. The highest BCUT2D eigenvalue weighted by molar-refractivity contribution is 5.55. The lowest BCUT2D eigenvalue weighted by Gasteiger charge is -2.43. The molecule has 3 unspecified atom stereocenters. The Morgan fingerprint density at radius 1 is 1.19 bits per heavy atom. The third kappa shape index (κ3) is 3.42. The van der Waals surface area contributed by atoms with Crippen LogP contribution < -0.4 is 10.2 Å². The first-order chi connectivity index (χ1) is 10.0. The summed E-state index contributed by atoms with van der Waals surface area (Å²) in [6.45, 7) is 11.7. The van der Waals surface area contributed by atoms with Crippen LogP contribution in [0.5, 0.6) is 0 Å². The molecular formula is C19H30N2. The lowest BCUT2D eigenvalue weighted by atomic mass is 9.85. The third-order valence-corrected chi connectivity index (χ3v) is 5.34. The molecule has 0 radical (unpaired) electrons. The van der Waals surface area contributed by atoms with E-state index < -0.39 is 0 Å². The molecule has 2 aliphatic rings. The number of hydrogen-bond donors (Lipinski definition) is 1. The van der Waals surface area contributed by atoms with Crippen molar-refractivity contribution in [3.8, 4) is 0 Å². The van der Waals surface area contributed by atoms with Crippen molar-refractivity contribution < 1.29 is 0 Å². The van der Waals surface area contributed by atoms with Crippen LogP contribution in [-0.4, -0.2) is 18.6 Å². The first-order valence-electron chi connectivity index (χ1n) is 8.64. The SMILES string of the molecule is Cc1cc(CNC2CC2)ccc1N1CC(C)CC(C)C1C. The molecule has 2 nitrogen and oxygen atoms in total. The molecule has 0 amide bonds. The molecule has 0 bridgehead atoms. The number of nitrogens with one attached hydrogen (secondary N) is 1. The molecule has 3 atom stereocenters. The van der Waals surface area contributed by atoms with E-state index in [1.165, 1.54) is 42.6 Å². The van der Waals surface area contributed by atoms with Gasteiger partial charge < -0.3 is 10.2 Å². The van der Waals surface area contributed by atoms with Gasteiger partial charge in [0.1, 0.15) is 0 Å². The second-order valence-electron chi connectivity index (χ2n) is 7.49. The Balaban J connectivity index is 1.74. The third-order valence-electron chi connectivity index (χ3n) is 5.34. The Kier molecular flexibility index (Phi) is 4.26. The number of benzene rings is 1. The minimum absolute atomic E-state index is 0.648. The van der Waals surface area contributed by atoms with Crippen LogP contribution in [0.4, 0.5) is 5.69 Å². The molecule has 2 heteroatoms. The van der Waals surface area contributed by atoms with E-state index in [9.17, 15) is 0 Å². The highest BCUT2D eigenvalue weighted by Gasteiger charge is 2.29. The summed E-state index contributed by atoms with van der Waals surface area (Å²) in [5.41, 5.74) is 4.29. The van der Waals surface area contributed by atoms with E-state index in [1.54, 1.807) is 0 Å². The Bertz CT molecular complexity index is 492. The molecule has 1 aromatic rings. The van der Waals surface area contributed by atoms with Crippen LogP contribution in [0.15, 0.2) is 18.2 Å². The minimum Gasteiger partial charge on any atom is -0.368 e. The summed E-state index contributed by atoms with van der Waals surface area (Å²) in [7, 11) is 0. The van der Waals surface area contributed by atoms with Crippen LogP contribution in [-0.2, 0) is 6.54 Å². The predicted molar refractivity (Wildman–Crippen MR) is 90.8 cm³/mol. The smallest absolute Gasteiger partial charge is 0.0398 e. The van der Waals surface area contributed by atoms with E-state index in [0.717, 1.165) is 24.4 Å². The zero-order valence-corrected chi connectivity index (χ0v) is 14.0. The minimum atomic E-state index is 0.648. The maximum Gasteiger partial charge on any atom is 0.0398 e. The highest BCUT2D eigenvalue weighted by atomic mass is 15.2. The van der Waals surface area contributed by atoms with Crippen LogP contribution in [0.3, 0.4) is 0 Å². The number of nitrogens with zero attached hydrogens (tertiary/aromatic N) is 1. The zero-order chi connectivity index (χ0) is 15.0. The van der Waals surface area contributed by atoms with E-state index in [-0.39, 0.29) is 0 Å². The van der Waals surface area contributed by atoms with Crippen molar-refractivity contribution >= 4 is 5.69 Å². The first kappa shape index (κ1) is 14.9. The van der Waals surface area contributed by atoms with Crippen LogP contribution in [0, 0.1) is 18.8 Å². The molecule has 21 heavy (non-hydrogen) atoms. The molecule has 1 aliphatic carbocycles. The summed E-state index contributed by atoms with van der Waals surface area (Å²) < 4.78 is 0. The summed E-state index contributed by atoms with van der Waals surface area (Å²) in [6, 6.07) is 8.47. The van der Waals surface area contributed by atoms with Gasteiger partial charge in [0.2, 0.25) is 0 Å². The van der Waals surface area contributed by atoms with E-state index in [2.05, 4.69) is 56.1 Å². The van der Waals surface area contributed by atoms with Gasteiger partial charge >= 0.3 is 0 Å². The number of anilines is 1. The van der Waals surface area contributed by atoms with Crippen LogP contribution in [0.1, 0.15) is 51.2 Å². The largest absolute Gasteiger partial charge is 0.368 e. The number of piperidine rings is 1. The number of aryl methyl sites for hydroxylation is 1. The fraction of sp³-hybridized carbons (Fsp3) is 0.684. The van der Waals surface area contributed by atoms with Crippen molar-refractivity contribution in [3.05, 3.63) is 29.3 Å². The van der Waals surface area contributed by atoms with Gasteiger partial charge in [-0.15, -0.1) is 0 Å². The molecular weight excluding hydrogens is 256 g/mol. The summed E-state index contributed by atoms with van der Waals surface area (Å²) in [4.78, 5) is 2.63. The Hall–Kier alpha value is -1.02. The van der Waals surface area contributed by atoms with Gasteiger partial charge in [0, 0.05) is 30.9 Å². The summed E-state index contributed by atoms with van der Waals surface area (Å²) in [5, 5.41) is 3.61. The summed E-state index contributed by atoms with van der Waals surface area (Å²) in [5.74, 6) is 1.58. The summed E-state index contributed by atoms with van der Waals surface area (Å²) in [6.07, 6.45) is 4.08. The molecule has 1 heterocycles. The fourth-order valence-corrected chi connectivity index (χ4v) is 3.73. The second kappa shape index (κ2) is 6.00. The molecule has 116 valence electrons. The summed E-state index contributed by atoms with van der Waals surface area (Å²) >= 11 is 0. The molecule has 2 fully saturated rings. The van der Waals surface area contributed by atoms with Gasteiger partial charge in [0.05, 0.1) is 0 Å². The molecule has 1 saturated carbocycles. The van der Waals surface area contributed by atoms with E-state index in [4.69, 9.17) is 0 Å². The van der Waals surface area contributed by atoms with E-state index >= 15 is 0 Å². The van der Waals surface area contributed by atoms with Gasteiger partial charge in [0.15, 0.2) is 0 Å². The van der Waals surface area contributed by atoms with Crippen molar-refractivity contribution in [2.75, 3.05) is 11.4 Å². The van der Waals surface area contributed by atoms with Crippen molar-refractivity contribution in [1.29, 1.82) is 0 Å². The topological polar surface area (TPSA) is 15.3 Å². The predicted octanol–water partition coefficient (Wildman–Crippen LogP) is 4.12. The van der Waals surface area contributed by atoms with Gasteiger partial charge in [-0.3, -0.25) is 0 Å². The molecule has 0 spiro atoms. The molecule has 1 aliphatic heterocycles. The average molecular weight is 286 g/mol. The van der Waals surface area contributed by atoms with Gasteiger partial charge in [-0.2, -0.15) is 0 Å². The van der Waals surface area contributed by atoms with Crippen molar-refractivity contribution in [3.63, 3.8) is 0 Å². The quantitative estimate of drug-likeness (QED) is 0.896. The van der Waals surface area contributed by atoms with Crippen molar-refractivity contribution in [2.24, 2.45) is 11.8 Å². The van der Waals surface area contributed by atoms with E-state index in [0.29, 0.717) is 6.04 Å². The Labute approximate surface area is 129 Å². The zero-order valence-electron chi connectivity index (χ0n) is 14.0. The number of hydrogen-bond acceptors (Lipinski definition) is 2. The van der Waals surface area contributed by atoms with Crippen LogP contribution >= 0.6 is 0 Å². The van der Waals surface area contributed by atoms with Crippen LogP contribution in [0.25, 0.3) is 0 Å². The second-order valence-corrected chi connectivity index (χ2v) is 7.49. The van der Waals surface area contributed by atoms with Gasteiger partial charge in [-0.1, -0.05) is 26.0 Å². The fourth-order valence-electron chi connectivity index (χ4n) is 3.73. The Morgan fingerprint density at radius 2 is 1.95 bits per heavy atom. The van der Waals surface area contributed by atoms with Crippen molar-refractivity contribution in [2.45, 2.75) is 65.6 Å². The standard InChI is InChI=1S/C19H30N2/c1-13-9-14(2)16(4)21(12-13)19-8-5-17(10-15(19)3)11-20-18-6-7-18/h5,8,10,13-14,16,18,20H,6-7,9,11-12H2,1-4H3. The average Bonchev–Trinajstić information content (AvgIpc) is 3.25. The highest BCUT2D eigenvalue weighted by Crippen LogP contribution is 2.33. The lowest BCUT2D eigenvalue weighted by molar-refractivity contribution is 0.297. The monoisotopic (exact) mass is 286 g/mol. The van der Waals surface area contributed by atoms with Gasteiger partial charge in [0.25, 0.3) is 0 Å². The molecule has 1 aromatic carbocycles. The maximum atomic E-state index is 3.61. The maximum absolute atomic E-state index is 3.61. The number of rotatable bonds is 4.